The number of benzene rings is 1. The number of aryl methyl sites for hydroxylation is 2. The molecule has 4 nitrogen and oxygen atoms in total. The van der Waals surface area contributed by atoms with E-state index in [9.17, 15) is 4.79 Å². The molecule has 0 radical (unpaired) electrons. The summed E-state index contributed by atoms with van der Waals surface area (Å²) in [6.45, 7) is 7.32. The van der Waals surface area contributed by atoms with Crippen molar-refractivity contribution in [3.63, 3.8) is 0 Å². The summed E-state index contributed by atoms with van der Waals surface area (Å²) in [5.41, 5.74) is 3.14. The molecule has 5 heteroatoms. The third-order valence-corrected chi connectivity index (χ3v) is 3.62. The fourth-order valence-electron chi connectivity index (χ4n) is 2.36. The molecule has 1 N–H and O–H groups in total. The second-order valence-electron chi connectivity index (χ2n) is 5.33. The highest BCUT2D eigenvalue weighted by Gasteiger charge is 2.15. The van der Waals surface area contributed by atoms with Crippen LogP contribution in [0.4, 0.5) is 0 Å². The Morgan fingerprint density at radius 2 is 2.24 bits per heavy atom. The van der Waals surface area contributed by atoms with Gasteiger partial charge in [0.25, 0.3) is 0 Å². The average molecular weight is 308 g/mol. The van der Waals surface area contributed by atoms with Crippen molar-refractivity contribution in [1.29, 1.82) is 0 Å². The van der Waals surface area contributed by atoms with Gasteiger partial charge in [-0.2, -0.15) is 0 Å². The van der Waals surface area contributed by atoms with Crippen LogP contribution < -0.4 is 5.32 Å². The first kappa shape index (κ1) is 15.8. The van der Waals surface area contributed by atoms with Crippen molar-refractivity contribution in [2.45, 2.75) is 45.5 Å². The van der Waals surface area contributed by atoms with Crippen molar-refractivity contribution >= 4 is 28.5 Å². The van der Waals surface area contributed by atoms with E-state index in [-0.39, 0.29) is 11.3 Å². The summed E-state index contributed by atoms with van der Waals surface area (Å²) in [5.74, 6) is 0.889. The van der Waals surface area contributed by atoms with E-state index in [1.54, 1.807) is 0 Å². The molecule has 2 rings (SSSR count). The highest BCUT2D eigenvalue weighted by molar-refractivity contribution is 6.20. The molecule has 1 aromatic heterocycles. The number of nitrogens with one attached hydrogen (secondary N) is 1. The summed E-state index contributed by atoms with van der Waals surface area (Å²) >= 11 is 6.23. The lowest BCUT2D eigenvalue weighted by Crippen LogP contribution is -2.25. The van der Waals surface area contributed by atoms with E-state index in [2.05, 4.69) is 27.9 Å². The number of carbonyl (C=O) groups is 1. The number of amides is 1. The highest BCUT2D eigenvalue weighted by atomic mass is 35.5. The number of imidazole rings is 1. The minimum Gasteiger partial charge on any atom is -0.356 e. The third kappa shape index (κ3) is 3.76. The third-order valence-electron chi connectivity index (χ3n) is 3.42. The van der Waals surface area contributed by atoms with E-state index in [1.807, 2.05) is 26.0 Å². The second-order valence-corrected chi connectivity index (χ2v) is 5.98. The fourth-order valence-corrected chi connectivity index (χ4v) is 2.52. The maximum atomic E-state index is 11.8. The molecule has 1 atom stereocenters. The Morgan fingerprint density at radius 1 is 1.48 bits per heavy atom. The van der Waals surface area contributed by atoms with Crippen molar-refractivity contribution < 1.29 is 4.79 Å². The van der Waals surface area contributed by atoms with Crippen LogP contribution in [-0.4, -0.2) is 22.0 Å². The maximum Gasteiger partial charge on any atom is 0.221 e. The number of carbonyl (C=O) groups excluding carboxylic acids is 1. The van der Waals surface area contributed by atoms with Crippen molar-refractivity contribution in [3.05, 3.63) is 29.6 Å². The van der Waals surface area contributed by atoms with Crippen LogP contribution in [0.3, 0.4) is 0 Å². The summed E-state index contributed by atoms with van der Waals surface area (Å²) in [6, 6.07) is 6.13. The predicted octanol–water partition coefficient (Wildman–Crippen LogP) is 3.56. The zero-order valence-corrected chi connectivity index (χ0v) is 13.6. The maximum absolute atomic E-state index is 11.8. The fraction of sp³-hybridized carbons (Fsp3) is 0.500. The molecule has 1 unspecified atom stereocenters. The van der Waals surface area contributed by atoms with Crippen molar-refractivity contribution in [2.24, 2.45) is 0 Å². The Kier molecular flexibility index (Phi) is 5.23. The Hall–Kier alpha value is -1.55. The van der Waals surface area contributed by atoms with E-state index < -0.39 is 0 Å². The van der Waals surface area contributed by atoms with Gasteiger partial charge >= 0.3 is 0 Å². The number of fused-ring (bicyclic) bond motifs is 1. The van der Waals surface area contributed by atoms with Gasteiger partial charge in [-0.05, 0) is 38.0 Å². The summed E-state index contributed by atoms with van der Waals surface area (Å²) < 4.78 is 2.06. The number of aromatic nitrogens is 2. The van der Waals surface area contributed by atoms with Crippen LogP contribution >= 0.6 is 11.6 Å². The molecule has 0 aliphatic carbocycles. The van der Waals surface area contributed by atoms with Crippen molar-refractivity contribution in [2.75, 3.05) is 6.54 Å². The smallest absolute Gasteiger partial charge is 0.221 e. The first-order chi connectivity index (χ1) is 10.0. The van der Waals surface area contributed by atoms with Crippen molar-refractivity contribution in [1.82, 2.24) is 14.9 Å². The molecule has 1 heterocycles. The van der Waals surface area contributed by atoms with Crippen LogP contribution in [0, 0.1) is 6.92 Å². The lowest BCUT2D eigenvalue weighted by atomic mass is 10.2. The Bertz CT molecular complexity index is 634. The van der Waals surface area contributed by atoms with E-state index in [0.29, 0.717) is 13.0 Å². The number of alkyl halides is 1. The molecule has 0 saturated carbocycles. The van der Waals surface area contributed by atoms with E-state index >= 15 is 0 Å². The van der Waals surface area contributed by atoms with Gasteiger partial charge < -0.3 is 9.88 Å². The number of hydrogen-bond donors (Lipinski definition) is 1. The van der Waals surface area contributed by atoms with Gasteiger partial charge in [-0.15, -0.1) is 11.6 Å². The summed E-state index contributed by atoms with van der Waals surface area (Å²) in [6.07, 6.45) is 1.39. The minimum absolute atomic E-state index is 0.0690. The van der Waals surface area contributed by atoms with E-state index in [0.717, 1.165) is 29.8 Å². The van der Waals surface area contributed by atoms with Crippen LogP contribution in [0.2, 0.25) is 0 Å². The Balaban J connectivity index is 2.25. The van der Waals surface area contributed by atoms with Gasteiger partial charge in [-0.25, -0.2) is 4.98 Å². The number of hydrogen-bond acceptors (Lipinski definition) is 2. The molecule has 0 aliphatic heterocycles. The van der Waals surface area contributed by atoms with E-state index in [4.69, 9.17) is 11.6 Å². The van der Waals surface area contributed by atoms with Gasteiger partial charge in [-0.1, -0.05) is 13.0 Å². The summed E-state index contributed by atoms with van der Waals surface area (Å²) in [4.78, 5) is 16.4. The standard InChI is InChI=1S/C16H22ClN3O/c1-4-8-18-15(21)7-9-20-14-10-11(2)5-6-13(14)19-16(20)12(3)17/h5-6,10,12H,4,7-9H2,1-3H3,(H,18,21). The SMILES string of the molecule is CCCNC(=O)CCn1c(C(C)Cl)nc2ccc(C)cc21. The molecule has 0 fully saturated rings. The van der Waals surface area contributed by atoms with Gasteiger partial charge in [0.1, 0.15) is 5.82 Å². The molecule has 1 amide bonds. The molecular formula is C16H22ClN3O. The van der Waals surface area contributed by atoms with Gasteiger partial charge in [0.2, 0.25) is 5.91 Å². The lowest BCUT2D eigenvalue weighted by Gasteiger charge is -2.11. The predicted molar refractivity (Wildman–Crippen MR) is 86.7 cm³/mol. The molecule has 21 heavy (non-hydrogen) atoms. The summed E-state index contributed by atoms with van der Waals surface area (Å²) in [5, 5.41) is 2.71. The molecule has 0 saturated heterocycles. The molecule has 0 spiro atoms. The quantitative estimate of drug-likeness (QED) is 0.829. The van der Waals surface area contributed by atoms with E-state index in [1.165, 1.54) is 5.56 Å². The van der Waals surface area contributed by atoms with Crippen LogP contribution in [0.15, 0.2) is 18.2 Å². The lowest BCUT2D eigenvalue weighted by molar-refractivity contribution is -0.121. The first-order valence-electron chi connectivity index (χ1n) is 7.40. The Morgan fingerprint density at radius 3 is 2.90 bits per heavy atom. The van der Waals surface area contributed by atoms with Crippen molar-refractivity contribution in [3.8, 4) is 0 Å². The van der Waals surface area contributed by atoms with Crippen LogP contribution in [0.5, 0.6) is 0 Å². The number of rotatable bonds is 6. The summed E-state index contributed by atoms with van der Waals surface area (Å²) in [7, 11) is 0. The number of nitrogens with zero attached hydrogens (tertiary/aromatic N) is 2. The monoisotopic (exact) mass is 307 g/mol. The topological polar surface area (TPSA) is 46.9 Å². The zero-order valence-electron chi connectivity index (χ0n) is 12.8. The van der Waals surface area contributed by atoms with Crippen LogP contribution in [0.25, 0.3) is 11.0 Å². The molecule has 0 aliphatic rings. The molecule has 0 bridgehead atoms. The van der Waals surface area contributed by atoms with Gasteiger partial charge in [0.15, 0.2) is 0 Å². The molecular weight excluding hydrogens is 286 g/mol. The van der Waals surface area contributed by atoms with Crippen LogP contribution in [-0.2, 0) is 11.3 Å². The first-order valence-corrected chi connectivity index (χ1v) is 7.84. The second kappa shape index (κ2) is 6.94. The zero-order chi connectivity index (χ0) is 15.4. The minimum atomic E-state index is -0.184. The normalized spacial score (nSPS) is 12.6. The highest BCUT2D eigenvalue weighted by Crippen LogP contribution is 2.25. The Labute approximate surface area is 130 Å². The average Bonchev–Trinajstić information content (AvgIpc) is 2.81. The molecule has 114 valence electrons. The van der Waals surface area contributed by atoms with Crippen LogP contribution in [0.1, 0.15) is 43.5 Å². The molecule has 1 aromatic carbocycles. The van der Waals surface area contributed by atoms with Gasteiger partial charge in [0.05, 0.1) is 16.4 Å². The van der Waals surface area contributed by atoms with Gasteiger partial charge in [0, 0.05) is 19.5 Å². The molecule has 2 aromatic rings. The largest absolute Gasteiger partial charge is 0.356 e. The number of halogens is 1. The van der Waals surface area contributed by atoms with Gasteiger partial charge in [-0.3, -0.25) is 4.79 Å².